The zero-order valence-electron chi connectivity index (χ0n) is 16.4. The molecule has 1 atom stereocenters. The maximum Gasteiger partial charge on any atom is 0.250 e. The minimum absolute atomic E-state index is 0.00671. The van der Waals surface area contributed by atoms with Gasteiger partial charge in [0.15, 0.2) is 0 Å². The molecule has 3 heterocycles. The second kappa shape index (κ2) is 8.85. The summed E-state index contributed by atoms with van der Waals surface area (Å²) in [5, 5.41) is 2.92. The molecule has 1 aromatic rings. The van der Waals surface area contributed by atoms with Crippen molar-refractivity contribution >= 4 is 5.91 Å². The third kappa shape index (κ3) is 5.53. The minimum Gasteiger partial charge on any atom is -0.370 e. The van der Waals surface area contributed by atoms with Gasteiger partial charge in [0.2, 0.25) is 5.91 Å². The number of rotatable bonds is 6. The number of aromatic nitrogens is 1. The van der Waals surface area contributed by atoms with E-state index in [1.54, 1.807) is 18.3 Å². The molecule has 0 aliphatic carbocycles. The number of piperidine rings is 1. The number of pyridine rings is 1. The number of likely N-dealkylation sites (tertiary alicyclic amines) is 1. The second-order valence-electron chi connectivity index (χ2n) is 8.01. The summed E-state index contributed by atoms with van der Waals surface area (Å²) in [6, 6.07) is 4.89. The highest BCUT2D eigenvalue weighted by molar-refractivity contribution is 5.75. The lowest BCUT2D eigenvalue weighted by molar-refractivity contribution is -0.123. The van der Waals surface area contributed by atoms with Gasteiger partial charge in [0.1, 0.15) is 6.54 Å². The van der Waals surface area contributed by atoms with Crippen molar-refractivity contribution in [2.45, 2.75) is 57.8 Å². The van der Waals surface area contributed by atoms with Crippen LogP contribution in [0.15, 0.2) is 40.8 Å². The first-order valence-electron chi connectivity index (χ1n) is 9.91. The van der Waals surface area contributed by atoms with Crippen LogP contribution in [-0.2, 0) is 16.1 Å². The van der Waals surface area contributed by atoms with Crippen molar-refractivity contribution in [1.82, 2.24) is 14.8 Å². The van der Waals surface area contributed by atoms with Gasteiger partial charge in [-0.25, -0.2) is 0 Å². The maximum absolute atomic E-state index is 12.1. The van der Waals surface area contributed by atoms with Crippen molar-refractivity contribution in [1.29, 1.82) is 0 Å². The molecule has 1 aromatic heterocycles. The first-order valence-corrected chi connectivity index (χ1v) is 9.91. The maximum atomic E-state index is 12.1. The number of carbonyl (C=O) groups is 1. The van der Waals surface area contributed by atoms with Gasteiger partial charge in [-0.05, 0) is 45.6 Å². The molecule has 1 spiro atoms. The summed E-state index contributed by atoms with van der Waals surface area (Å²) in [6.45, 7) is 8.01. The topological polar surface area (TPSA) is 63.6 Å². The van der Waals surface area contributed by atoms with Crippen molar-refractivity contribution < 1.29 is 9.53 Å². The molecule has 27 heavy (non-hydrogen) atoms. The van der Waals surface area contributed by atoms with Gasteiger partial charge in [-0.15, -0.1) is 0 Å². The minimum atomic E-state index is -0.163. The average Bonchev–Trinajstić information content (AvgIpc) is 3.04. The van der Waals surface area contributed by atoms with E-state index in [1.807, 2.05) is 0 Å². The molecule has 3 rings (SSSR count). The molecule has 0 aromatic carbocycles. The Labute approximate surface area is 161 Å². The summed E-state index contributed by atoms with van der Waals surface area (Å²) in [7, 11) is 0. The van der Waals surface area contributed by atoms with Crippen LogP contribution >= 0.6 is 0 Å². The third-order valence-corrected chi connectivity index (χ3v) is 5.60. The predicted molar refractivity (Wildman–Crippen MR) is 106 cm³/mol. The van der Waals surface area contributed by atoms with Gasteiger partial charge in [-0.3, -0.25) is 14.5 Å². The molecule has 6 nitrogen and oxygen atoms in total. The SMILES string of the molecule is CC(C)=CCN1CCC2(CC[C@@H](CNC(=O)Cn3ccccc3=O)O2)CC1. The Morgan fingerprint density at radius 1 is 1.30 bits per heavy atom. The number of hydrogen-bond acceptors (Lipinski definition) is 4. The Kier molecular flexibility index (Phi) is 6.50. The standard InChI is InChI=1S/C21H31N3O3/c1-17(2)7-12-23-13-9-21(10-14-23)8-6-18(27-21)15-22-19(25)16-24-11-4-3-5-20(24)26/h3-5,7,11,18H,6,8-10,12-16H2,1-2H3,(H,22,25)/t18-/m0/s1. The quantitative estimate of drug-likeness (QED) is 0.774. The van der Waals surface area contributed by atoms with E-state index in [9.17, 15) is 9.59 Å². The number of allylic oxidation sites excluding steroid dienone is 1. The molecule has 0 radical (unpaired) electrons. The summed E-state index contributed by atoms with van der Waals surface area (Å²) in [4.78, 5) is 26.3. The highest BCUT2D eigenvalue weighted by atomic mass is 16.5. The number of ether oxygens (including phenoxy) is 1. The monoisotopic (exact) mass is 373 g/mol. The molecule has 6 heteroatoms. The van der Waals surface area contributed by atoms with Gasteiger partial charge < -0.3 is 14.6 Å². The Bertz CT molecular complexity index is 728. The summed E-state index contributed by atoms with van der Waals surface area (Å²) < 4.78 is 7.77. The van der Waals surface area contributed by atoms with E-state index in [-0.39, 0.29) is 29.7 Å². The molecule has 1 N–H and O–H groups in total. The van der Waals surface area contributed by atoms with Crippen LogP contribution in [0.4, 0.5) is 0 Å². The van der Waals surface area contributed by atoms with Crippen LogP contribution in [0.3, 0.4) is 0 Å². The fourth-order valence-corrected chi connectivity index (χ4v) is 3.89. The fourth-order valence-electron chi connectivity index (χ4n) is 3.89. The Balaban J connectivity index is 1.41. The molecule has 0 unspecified atom stereocenters. The van der Waals surface area contributed by atoms with E-state index in [0.29, 0.717) is 6.54 Å². The van der Waals surface area contributed by atoms with Gasteiger partial charge in [-0.2, -0.15) is 0 Å². The van der Waals surface area contributed by atoms with E-state index >= 15 is 0 Å². The highest BCUT2D eigenvalue weighted by Gasteiger charge is 2.42. The molecule has 0 saturated carbocycles. The van der Waals surface area contributed by atoms with Crippen molar-refractivity contribution in [2.24, 2.45) is 0 Å². The Morgan fingerprint density at radius 3 is 2.78 bits per heavy atom. The first kappa shape index (κ1) is 19.8. The van der Waals surface area contributed by atoms with E-state index in [4.69, 9.17) is 4.74 Å². The molecule has 148 valence electrons. The van der Waals surface area contributed by atoms with Gasteiger partial charge >= 0.3 is 0 Å². The molecule has 1 amide bonds. The molecular formula is C21H31N3O3. The van der Waals surface area contributed by atoms with E-state index in [2.05, 4.69) is 30.1 Å². The number of hydrogen-bond donors (Lipinski definition) is 1. The average molecular weight is 373 g/mol. The molecular weight excluding hydrogens is 342 g/mol. The van der Waals surface area contributed by atoms with Crippen molar-refractivity contribution in [3.05, 3.63) is 46.4 Å². The van der Waals surface area contributed by atoms with E-state index in [0.717, 1.165) is 45.3 Å². The number of amides is 1. The summed E-state index contributed by atoms with van der Waals surface area (Å²) in [5.74, 6) is -0.149. The first-order chi connectivity index (χ1) is 13.0. The summed E-state index contributed by atoms with van der Waals surface area (Å²) in [6.07, 6.45) is 8.17. The smallest absolute Gasteiger partial charge is 0.250 e. The van der Waals surface area contributed by atoms with Crippen LogP contribution in [0.25, 0.3) is 0 Å². The van der Waals surface area contributed by atoms with Crippen molar-refractivity contribution in [3.63, 3.8) is 0 Å². The normalized spacial score (nSPS) is 21.9. The van der Waals surface area contributed by atoms with Gasteiger partial charge in [0.05, 0.1) is 11.7 Å². The lowest BCUT2D eigenvalue weighted by Gasteiger charge is -2.39. The molecule has 2 aliphatic heterocycles. The van der Waals surface area contributed by atoms with Crippen LogP contribution in [0.2, 0.25) is 0 Å². The number of carbonyl (C=O) groups excluding carboxylic acids is 1. The van der Waals surface area contributed by atoms with Gasteiger partial charge in [0.25, 0.3) is 5.56 Å². The van der Waals surface area contributed by atoms with Crippen LogP contribution in [0.5, 0.6) is 0 Å². The van der Waals surface area contributed by atoms with Crippen LogP contribution < -0.4 is 10.9 Å². The van der Waals surface area contributed by atoms with E-state index in [1.165, 1.54) is 16.2 Å². The molecule has 0 bridgehead atoms. The Hall–Kier alpha value is -1.92. The third-order valence-electron chi connectivity index (χ3n) is 5.60. The highest BCUT2D eigenvalue weighted by Crippen LogP contribution is 2.38. The summed E-state index contributed by atoms with van der Waals surface area (Å²) >= 11 is 0. The lowest BCUT2D eigenvalue weighted by Crippen LogP contribution is -2.45. The fraction of sp³-hybridized carbons (Fsp3) is 0.619. The number of nitrogens with one attached hydrogen (secondary N) is 1. The number of nitrogens with zero attached hydrogens (tertiary/aromatic N) is 2. The predicted octanol–water partition coefficient (Wildman–Crippen LogP) is 1.94. The van der Waals surface area contributed by atoms with Crippen LogP contribution in [-0.4, -0.2) is 53.3 Å². The molecule has 2 fully saturated rings. The Morgan fingerprint density at radius 2 is 2.07 bits per heavy atom. The largest absolute Gasteiger partial charge is 0.370 e. The second-order valence-corrected chi connectivity index (χ2v) is 8.01. The zero-order chi connectivity index (χ0) is 19.3. The zero-order valence-corrected chi connectivity index (χ0v) is 16.4. The van der Waals surface area contributed by atoms with Crippen molar-refractivity contribution in [2.75, 3.05) is 26.2 Å². The summed E-state index contributed by atoms with van der Waals surface area (Å²) in [5.41, 5.74) is 1.19. The van der Waals surface area contributed by atoms with Gasteiger partial charge in [-0.1, -0.05) is 17.7 Å². The molecule has 2 aliphatic rings. The van der Waals surface area contributed by atoms with E-state index < -0.39 is 0 Å². The van der Waals surface area contributed by atoms with Crippen LogP contribution in [0.1, 0.15) is 39.5 Å². The van der Waals surface area contributed by atoms with Crippen molar-refractivity contribution in [3.8, 4) is 0 Å². The van der Waals surface area contributed by atoms with Crippen LogP contribution in [0, 0.1) is 0 Å². The lowest BCUT2D eigenvalue weighted by atomic mass is 9.88. The molecule has 2 saturated heterocycles. The van der Waals surface area contributed by atoms with Gasteiger partial charge in [0, 0.05) is 38.4 Å².